The Labute approximate surface area is 86.3 Å². The van der Waals surface area contributed by atoms with E-state index in [1.54, 1.807) is 0 Å². The zero-order valence-corrected chi connectivity index (χ0v) is 8.09. The second-order valence-corrected chi connectivity index (χ2v) is 3.68. The van der Waals surface area contributed by atoms with E-state index in [1.165, 1.54) is 0 Å². The van der Waals surface area contributed by atoms with Crippen molar-refractivity contribution >= 4 is 5.78 Å². The highest BCUT2D eigenvalue weighted by molar-refractivity contribution is 5.98. The molecule has 1 atom stereocenters. The lowest BCUT2D eigenvalue weighted by atomic mass is 9.96. The van der Waals surface area contributed by atoms with Crippen LogP contribution in [-0.4, -0.2) is 18.9 Å². The summed E-state index contributed by atoms with van der Waals surface area (Å²) in [5.74, 6) is -1.75. The summed E-state index contributed by atoms with van der Waals surface area (Å²) in [6.45, 7) is 1.31. The third kappa shape index (κ3) is 2.04. The number of carbonyl (C=O) groups excluding carboxylic acids is 1. The molecule has 4 heteroatoms. The molecule has 1 N–H and O–H groups in total. The summed E-state index contributed by atoms with van der Waals surface area (Å²) in [5.41, 5.74) is -0.135. The Morgan fingerprint density at radius 2 is 2.20 bits per heavy atom. The molecule has 80 valence electrons. The number of halogens is 2. The Hall–Kier alpha value is -1.29. The first-order chi connectivity index (χ1) is 7.18. The second kappa shape index (κ2) is 4.06. The van der Waals surface area contributed by atoms with Crippen LogP contribution in [-0.2, 0) is 0 Å². The minimum atomic E-state index is -0.645. The fourth-order valence-corrected chi connectivity index (χ4v) is 1.78. The van der Waals surface area contributed by atoms with E-state index in [4.69, 9.17) is 0 Å². The van der Waals surface area contributed by atoms with Crippen LogP contribution in [0.4, 0.5) is 8.78 Å². The molecular formula is C11H11F2NO. The summed E-state index contributed by atoms with van der Waals surface area (Å²) in [6, 6.07) is 2.97. The van der Waals surface area contributed by atoms with Crippen molar-refractivity contribution in [3.05, 3.63) is 35.4 Å². The first-order valence-electron chi connectivity index (χ1n) is 4.88. The minimum absolute atomic E-state index is 0.135. The van der Waals surface area contributed by atoms with Crippen molar-refractivity contribution < 1.29 is 13.6 Å². The molecule has 1 fully saturated rings. The number of hydrogen-bond donors (Lipinski definition) is 1. The molecule has 0 radical (unpaired) electrons. The second-order valence-electron chi connectivity index (χ2n) is 3.68. The number of carbonyl (C=O) groups is 1. The third-order valence-corrected chi connectivity index (χ3v) is 2.62. The number of hydrogen-bond acceptors (Lipinski definition) is 2. The van der Waals surface area contributed by atoms with E-state index >= 15 is 0 Å². The van der Waals surface area contributed by atoms with Crippen LogP contribution < -0.4 is 5.32 Å². The SMILES string of the molecule is O=C(c1cc(F)ccc1F)C1CCNC1. The van der Waals surface area contributed by atoms with Crippen LogP contribution in [0.1, 0.15) is 16.8 Å². The van der Waals surface area contributed by atoms with Gasteiger partial charge < -0.3 is 5.32 Å². The van der Waals surface area contributed by atoms with E-state index < -0.39 is 11.6 Å². The summed E-state index contributed by atoms with van der Waals surface area (Å²) in [6.07, 6.45) is 0.689. The Kier molecular flexibility index (Phi) is 2.77. The summed E-state index contributed by atoms with van der Waals surface area (Å²) >= 11 is 0. The van der Waals surface area contributed by atoms with Crippen molar-refractivity contribution in [1.29, 1.82) is 0 Å². The minimum Gasteiger partial charge on any atom is -0.316 e. The number of Topliss-reactive ketones (excluding diaryl/α,β-unsaturated/α-hetero) is 1. The topological polar surface area (TPSA) is 29.1 Å². The first-order valence-corrected chi connectivity index (χ1v) is 4.88. The lowest BCUT2D eigenvalue weighted by Gasteiger charge is -2.07. The van der Waals surface area contributed by atoms with Crippen molar-refractivity contribution in [2.45, 2.75) is 6.42 Å². The Bertz CT molecular complexity index is 386. The Morgan fingerprint density at radius 1 is 1.40 bits per heavy atom. The normalized spacial score (nSPS) is 20.5. The van der Waals surface area contributed by atoms with E-state index in [2.05, 4.69) is 5.32 Å². The molecule has 0 saturated carbocycles. The number of rotatable bonds is 2. The van der Waals surface area contributed by atoms with Gasteiger partial charge in [-0.05, 0) is 31.2 Å². The lowest BCUT2D eigenvalue weighted by Crippen LogP contribution is -2.19. The maximum Gasteiger partial charge on any atom is 0.170 e. The monoisotopic (exact) mass is 211 g/mol. The van der Waals surface area contributed by atoms with Gasteiger partial charge in [0.1, 0.15) is 11.6 Å². The van der Waals surface area contributed by atoms with Crippen molar-refractivity contribution in [2.75, 3.05) is 13.1 Å². The van der Waals surface area contributed by atoms with Crippen molar-refractivity contribution in [3.8, 4) is 0 Å². The molecule has 1 saturated heterocycles. The van der Waals surface area contributed by atoms with E-state index in [1.807, 2.05) is 0 Å². The summed E-state index contributed by atoms with van der Waals surface area (Å²) in [4.78, 5) is 11.8. The van der Waals surface area contributed by atoms with Crippen LogP contribution in [0.2, 0.25) is 0 Å². The predicted octanol–water partition coefficient (Wildman–Crippen LogP) is 1.76. The van der Waals surface area contributed by atoms with Crippen molar-refractivity contribution in [3.63, 3.8) is 0 Å². The van der Waals surface area contributed by atoms with E-state index in [9.17, 15) is 13.6 Å². The fourth-order valence-electron chi connectivity index (χ4n) is 1.78. The molecule has 1 aromatic rings. The number of ketones is 1. The van der Waals surface area contributed by atoms with Crippen LogP contribution in [0.3, 0.4) is 0 Å². The molecule has 1 unspecified atom stereocenters. The van der Waals surface area contributed by atoms with Gasteiger partial charge in [-0.1, -0.05) is 0 Å². The van der Waals surface area contributed by atoms with Crippen molar-refractivity contribution in [1.82, 2.24) is 5.32 Å². The predicted molar refractivity (Wildman–Crippen MR) is 51.7 cm³/mol. The molecular weight excluding hydrogens is 200 g/mol. The Morgan fingerprint density at radius 3 is 2.87 bits per heavy atom. The molecule has 1 aliphatic rings. The maximum absolute atomic E-state index is 13.3. The molecule has 1 aromatic carbocycles. The molecule has 15 heavy (non-hydrogen) atoms. The Balaban J connectivity index is 2.27. The fraction of sp³-hybridized carbons (Fsp3) is 0.364. The quantitative estimate of drug-likeness (QED) is 0.755. The van der Waals surface area contributed by atoms with E-state index in [-0.39, 0.29) is 17.3 Å². The molecule has 0 aromatic heterocycles. The standard InChI is InChI=1S/C11H11F2NO/c12-8-1-2-10(13)9(5-8)11(15)7-3-4-14-6-7/h1-2,5,7,14H,3-4,6H2. The van der Waals surface area contributed by atoms with Crippen LogP contribution in [0.15, 0.2) is 18.2 Å². The smallest absolute Gasteiger partial charge is 0.170 e. The van der Waals surface area contributed by atoms with Crippen LogP contribution >= 0.6 is 0 Å². The van der Waals surface area contributed by atoms with Crippen molar-refractivity contribution in [2.24, 2.45) is 5.92 Å². The zero-order valence-electron chi connectivity index (χ0n) is 8.09. The highest BCUT2D eigenvalue weighted by Gasteiger charge is 2.25. The molecule has 1 aliphatic heterocycles. The van der Waals surface area contributed by atoms with E-state index in [0.29, 0.717) is 13.0 Å². The summed E-state index contributed by atoms with van der Waals surface area (Å²) in [5, 5.41) is 3.02. The number of benzene rings is 1. The molecule has 0 aliphatic carbocycles. The van der Waals surface area contributed by atoms with Gasteiger partial charge in [-0.25, -0.2) is 8.78 Å². The van der Waals surface area contributed by atoms with Crippen LogP contribution in [0, 0.1) is 17.6 Å². The molecule has 0 spiro atoms. The van der Waals surface area contributed by atoms with Gasteiger partial charge in [0.2, 0.25) is 0 Å². The van der Waals surface area contributed by atoms with E-state index in [0.717, 1.165) is 24.7 Å². The van der Waals surface area contributed by atoms with Crippen LogP contribution in [0.25, 0.3) is 0 Å². The largest absolute Gasteiger partial charge is 0.316 e. The van der Waals surface area contributed by atoms with Gasteiger partial charge in [0.25, 0.3) is 0 Å². The molecule has 2 nitrogen and oxygen atoms in total. The van der Waals surface area contributed by atoms with Gasteiger partial charge in [0.05, 0.1) is 5.56 Å². The third-order valence-electron chi connectivity index (χ3n) is 2.62. The highest BCUT2D eigenvalue weighted by atomic mass is 19.1. The molecule has 0 bridgehead atoms. The highest BCUT2D eigenvalue weighted by Crippen LogP contribution is 2.18. The van der Waals surface area contributed by atoms with Gasteiger partial charge in [-0.3, -0.25) is 4.79 Å². The van der Waals surface area contributed by atoms with Crippen LogP contribution in [0.5, 0.6) is 0 Å². The summed E-state index contributed by atoms with van der Waals surface area (Å²) < 4.78 is 26.1. The number of nitrogens with one attached hydrogen (secondary N) is 1. The van der Waals surface area contributed by atoms with Gasteiger partial charge >= 0.3 is 0 Å². The molecule has 1 heterocycles. The van der Waals surface area contributed by atoms with Gasteiger partial charge in [0, 0.05) is 12.5 Å². The van der Waals surface area contributed by atoms with Gasteiger partial charge in [-0.2, -0.15) is 0 Å². The van der Waals surface area contributed by atoms with Gasteiger partial charge in [0.15, 0.2) is 5.78 Å². The maximum atomic E-state index is 13.3. The first kappa shape index (κ1) is 10.2. The zero-order chi connectivity index (χ0) is 10.8. The average Bonchev–Trinajstić information content (AvgIpc) is 2.74. The lowest BCUT2D eigenvalue weighted by molar-refractivity contribution is 0.0926. The molecule has 2 rings (SSSR count). The summed E-state index contributed by atoms with van der Waals surface area (Å²) in [7, 11) is 0. The molecule has 0 amide bonds. The average molecular weight is 211 g/mol. The van der Waals surface area contributed by atoms with Gasteiger partial charge in [-0.15, -0.1) is 0 Å².